The molecule has 0 fully saturated rings. The van der Waals surface area contributed by atoms with Crippen molar-refractivity contribution in [1.29, 1.82) is 0 Å². The number of aryl methyl sites for hydroxylation is 2. The largest absolute Gasteiger partial charge is 0.444 e. The van der Waals surface area contributed by atoms with E-state index >= 15 is 0 Å². The van der Waals surface area contributed by atoms with Crippen LogP contribution in [-0.2, 0) is 41.6 Å². The van der Waals surface area contributed by atoms with Crippen molar-refractivity contribution in [1.82, 2.24) is 19.4 Å². The van der Waals surface area contributed by atoms with Crippen LogP contribution in [0, 0.1) is 11.6 Å². The zero-order valence-electron chi connectivity index (χ0n) is 30.4. The first-order valence-corrected chi connectivity index (χ1v) is 17.5. The van der Waals surface area contributed by atoms with E-state index in [0.29, 0.717) is 28.8 Å². The van der Waals surface area contributed by atoms with Crippen molar-refractivity contribution in [3.63, 3.8) is 0 Å². The number of amides is 2. The zero-order valence-corrected chi connectivity index (χ0v) is 30.4. The maximum Gasteiger partial charge on any atom is 0.416 e. The summed E-state index contributed by atoms with van der Waals surface area (Å²) >= 11 is 0. The van der Waals surface area contributed by atoms with E-state index in [2.05, 4.69) is 4.98 Å². The number of aromatic nitrogens is 2. The number of likely N-dealkylation sites (N-methyl/N-ethyl adjacent to an activating group) is 1. The second-order valence-corrected chi connectivity index (χ2v) is 13.8. The minimum absolute atomic E-state index is 0.0128. The monoisotopic (exact) mass is 748 g/mol. The van der Waals surface area contributed by atoms with Gasteiger partial charge in [0.2, 0.25) is 5.91 Å². The first-order chi connectivity index (χ1) is 25.5. The number of para-hydroxylation sites is 1. The Balaban J connectivity index is 1.45. The van der Waals surface area contributed by atoms with Crippen LogP contribution in [-0.4, -0.2) is 56.6 Å². The second-order valence-electron chi connectivity index (χ2n) is 13.8. The van der Waals surface area contributed by atoms with Crippen LogP contribution in [0.1, 0.15) is 50.2 Å². The number of hydrogen-bond acceptors (Lipinski definition) is 5. The Hall–Kier alpha value is -5.59. The maximum absolute atomic E-state index is 14.6. The molecule has 1 aromatic heterocycles. The first kappa shape index (κ1) is 39.6. The van der Waals surface area contributed by atoms with Crippen molar-refractivity contribution >= 4 is 22.9 Å². The van der Waals surface area contributed by atoms with Gasteiger partial charge in [-0.2, -0.15) is 18.2 Å². The minimum Gasteiger partial charge on any atom is -0.444 e. The Bertz CT molecular complexity index is 2160. The lowest BCUT2D eigenvalue weighted by Crippen LogP contribution is -2.43. The molecule has 0 radical (unpaired) electrons. The summed E-state index contributed by atoms with van der Waals surface area (Å²) in [5, 5.41) is 0.276. The summed E-state index contributed by atoms with van der Waals surface area (Å²) in [5.41, 5.74) is 0.495. The molecule has 8 nitrogen and oxygen atoms in total. The molecule has 1 heterocycles. The molecule has 0 aliphatic heterocycles. The Morgan fingerprint density at radius 3 is 2.06 bits per heavy atom. The number of hydrogen-bond donors (Lipinski definition) is 0. The molecule has 0 atom stereocenters. The molecule has 0 bridgehead atoms. The smallest absolute Gasteiger partial charge is 0.416 e. The molecule has 0 N–H and O–H groups in total. The fraction of sp³-hybridized carbons (Fsp3) is 0.317. The number of rotatable bonds is 12. The molecule has 5 aromatic rings. The van der Waals surface area contributed by atoms with Crippen LogP contribution in [0.15, 0.2) is 95.8 Å². The molecule has 13 heteroatoms. The first-order valence-electron chi connectivity index (χ1n) is 17.5. The van der Waals surface area contributed by atoms with E-state index in [0.717, 1.165) is 18.2 Å². The van der Waals surface area contributed by atoms with E-state index in [9.17, 15) is 36.3 Å². The second kappa shape index (κ2) is 16.6. The fourth-order valence-electron chi connectivity index (χ4n) is 5.97. The molecule has 0 spiro atoms. The molecule has 4 aromatic carbocycles. The highest BCUT2D eigenvalue weighted by atomic mass is 19.4. The molecule has 0 aliphatic rings. The van der Waals surface area contributed by atoms with Crippen LogP contribution in [0.3, 0.4) is 0 Å². The van der Waals surface area contributed by atoms with Gasteiger partial charge in [0.1, 0.15) is 18.0 Å². The summed E-state index contributed by atoms with van der Waals surface area (Å²) < 4.78 is 75.0. The third-order valence-corrected chi connectivity index (χ3v) is 8.81. The van der Waals surface area contributed by atoms with E-state index < -0.39 is 40.6 Å². The SMILES string of the molecule is CCN(CCN(Cc1ccc(-c2ccc(C(F)(F)F)cc2)cc1)C(=O)Cn1c(CCc2cccc(F)c2F)nc(=O)c2ccccc21)C(=O)OC(C)(C)C. The third kappa shape index (κ3) is 9.88. The summed E-state index contributed by atoms with van der Waals surface area (Å²) in [4.78, 5) is 47.7. The number of carbonyl (C=O) groups is 2. The van der Waals surface area contributed by atoms with Crippen LogP contribution in [0.4, 0.5) is 26.7 Å². The van der Waals surface area contributed by atoms with Crippen LogP contribution in [0.2, 0.25) is 0 Å². The molecule has 2 amide bonds. The predicted molar refractivity (Wildman–Crippen MR) is 196 cm³/mol. The normalized spacial score (nSPS) is 11.8. The quantitative estimate of drug-likeness (QED) is 0.120. The van der Waals surface area contributed by atoms with Gasteiger partial charge in [-0.05, 0) is 86.7 Å². The van der Waals surface area contributed by atoms with E-state index in [4.69, 9.17) is 4.74 Å². The molecule has 5 rings (SSSR count). The lowest BCUT2D eigenvalue weighted by molar-refractivity contribution is -0.137. The highest BCUT2D eigenvalue weighted by molar-refractivity contribution is 5.82. The van der Waals surface area contributed by atoms with Crippen molar-refractivity contribution in [3.8, 4) is 11.1 Å². The van der Waals surface area contributed by atoms with E-state index in [1.165, 1.54) is 29.2 Å². The zero-order chi connectivity index (χ0) is 39.2. The standard InChI is InChI=1S/C41H41F5N4O4/c1-5-48(39(53)54-40(2,3)4)23-24-49(25-27-13-15-28(16-14-27)29-17-20-31(21-18-29)41(44,45)46)36(51)26-50-34-12-7-6-10-32(34)38(52)47-35(50)22-19-30-9-8-11-33(42)37(30)43/h6-18,20-21H,5,19,22-26H2,1-4H3. The maximum atomic E-state index is 14.6. The average Bonchev–Trinajstić information content (AvgIpc) is 3.12. The molecule has 54 heavy (non-hydrogen) atoms. The Morgan fingerprint density at radius 1 is 0.796 bits per heavy atom. The summed E-state index contributed by atoms with van der Waals surface area (Å²) in [6.45, 7) is 7.45. The van der Waals surface area contributed by atoms with Crippen LogP contribution in [0.25, 0.3) is 22.0 Å². The molecule has 0 saturated heterocycles. The van der Waals surface area contributed by atoms with Gasteiger partial charge in [0.15, 0.2) is 11.6 Å². The Kier molecular flexibility index (Phi) is 12.2. The van der Waals surface area contributed by atoms with Gasteiger partial charge < -0.3 is 19.1 Å². The van der Waals surface area contributed by atoms with Gasteiger partial charge in [-0.1, -0.05) is 60.7 Å². The molecule has 0 saturated carbocycles. The predicted octanol–water partition coefficient (Wildman–Crippen LogP) is 8.43. The summed E-state index contributed by atoms with van der Waals surface area (Å²) in [6, 6.07) is 22.4. The molecule has 0 unspecified atom stereocenters. The fourth-order valence-corrected chi connectivity index (χ4v) is 5.97. The third-order valence-electron chi connectivity index (χ3n) is 8.81. The number of benzene rings is 4. The number of ether oxygens (including phenoxy) is 1. The van der Waals surface area contributed by atoms with Crippen molar-refractivity contribution in [2.75, 3.05) is 19.6 Å². The lowest BCUT2D eigenvalue weighted by Gasteiger charge is -2.30. The molecular formula is C41H41F5N4O4. The number of fused-ring (bicyclic) bond motifs is 1. The number of nitrogens with zero attached hydrogens (tertiary/aromatic N) is 4. The molecular weight excluding hydrogens is 707 g/mol. The van der Waals surface area contributed by atoms with E-state index in [1.54, 1.807) is 85.7 Å². The Labute approximate surface area is 309 Å². The van der Waals surface area contributed by atoms with Crippen molar-refractivity contribution in [3.05, 3.63) is 135 Å². The van der Waals surface area contributed by atoms with Gasteiger partial charge >= 0.3 is 12.3 Å². The van der Waals surface area contributed by atoms with Crippen LogP contribution >= 0.6 is 0 Å². The summed E-state index contributed by atoms with van der Waals surface area (Å²) in [7, 11) is 0. The molecule has 0 aliphatic carbocycles. The molecule has 284 valence electrons. The van der Waals surface area contributed by atoms with Gasteiger partial charge in [-0.15, -0.1) is 0 Å². The number of halogens is 5. The highest BCUT2D eigenvalue weighted by Gasteiger charge is 2.30. The van der Waals surface area contributed by atoms with Gasteiger partial charge in [0.05, 0.1) is 16.5 Å². The number of alkyl halides is 3. The lowest BCUT2D eigenvalue weighted by atomic mass is 10.0. The summed E-state index contributed by atoms with van der Waals surface area (Å²) in [5.74, 6) is -2.16. The topological polar surface area (TPSA) is 84.7 Å². The van der Waals surface area contributed by atoms with Crippen molar-refractivity contribution in [2.24, 2.45) is 0 Å². The van der Waals surface area contributed by atoms with E-state index in [-0.39, 0.29) is 61.7 Å². The number of carbonyl (C=O) groups excluding carboxylic acids is 2. The van der Waals surface area contributed by atoms with Crippen molar-refractivity contribution < 1.29 is 36.3 Å². The minimum atomic E-state index is -4.45. The Morgan fingerprint density at radius 2 is 1.43 bits per heavy atom. The van der Waals surface area contributed by atoms with Crippen LogP contribution < -0.4 is 5.56 Å². The average molecular weight is 749 g/mol. The summed E-state index contributed by atoms with van der Waals surface area (Å²) in [6.07, 6.45) is -4.95. The highest BCUT2D eigenvalue weighted by Crippen LogP contribution is 2.31. The van der Waals surface area contributed by atoms with Gasteiger partial charge in [-0.3, -0.25) is 9.59 Å². The van der Waals surface area contributed by atoms with Crippen LogP contribution in [0.5, 0.6) is 0 Å². The van der Waals surface area contributed by atoms with E-state index in [1.807, 2.05) is 0 Å². The van der Waals surface area contributed by atoms with Gasteiger partial charge in [0, 0.05) is 32.6 Å². The van der Waals surface area contributed by atoms with Crippen molar-refractivity contribution in [2.45, 2.75) is 65.4 Å². The van der Waals surface area contributed by atoms with Gasteiger partial charge in [0.25, 0.3) is 5.56 Å². The van der Waals surface area contributed by atoms with Gasteiger partial charge in [-0.25, -0.2) is 13.6 Å².